The topological polar surface area (TPSA) is 37.3 Å². The van der Waals surface area contributed by atoms with E-state index in [2.05, 4.69) is 6.92 Å². The molecule has 0 aliphatic carbocycles. The SMILES string of the molecule is CCCCCCCCCCCCCCC(C=O)CC(C)O. The van der Waals surface area contributed by atoms with Crippen LogP contribution in [0.5, 0.6) is 0 Å². The molecule has 0 saturated heterocycles. The Bertz CT molecular complexity index is 214. The lowest BCUT2D eigenvalue weighted by Crippen LogP contribution is -2.11. The van der Waals surface area contributed by atoms with Gasteiger partial charge in [0.1, 0.15) is 6.29 Å². The second-order valence-corrected chi connectivity index (χ2v) is 6.66. The minimum atomic E-state index is -0.350. The second kappa shape index (κ2) is 16.0. The van der Waals surface area contributed by atoms with Crippen molar-refractivity contribution in [2.75, 3.05) is 0 Å². The lowest BCUT2D eigenvalue weighted by molar-refractivity contribution is -0.112. The van der Waals surface area contributed by atoms with Crippen LogP contribution in [0.1, 0.15) is 104 Å². The van der Waals surface area contributed by atoms with E-state index in [9.17, 15) is 9.90 Å². The third-order valence-electron chi connectivity index (χ3n) is 4.26. The lowest BCUT2D eigenvalue weighted by atomic mass is 9.96. The highest BCUT2D eigenvalue weighted by atomic mass is 16.3. The molecule has 0 rings (SSSR count). The first kappa shape index (κ1) is 20.6. The molecule has 0 saturated carbocycles. The van der Waals surface area contributed by atoms with Crippen molar-refractivity contribution in [3.8, 4) is 0 Å². The van der Waals surface area contributed by atoms with Gasteiger partial charge < -0.3 is 9.90 Å². The van der Waals surface area contributed by atoms with Crippen LogP contribution >= 0.6 is 0 Å². The van der Waals surface area contributed by atoms with Crippen molar-refractivity contribution in [1.82, 2.24) is 0 Å². The van der Waals surface area contributed by atoms with Gasteiger partial charge in [0, 0.05) is 5.92 Å². The molecule has 2 atom stereocenters. The fraction of sp³-hybridized carbons (Fsp3) is 0.947. The maximum absolute atomic E-state index is 10.9. The van der Waals surface area contributed by atoms with Crippen LogP contribution in [0.4, 0.5) is 0 Å². The molecule has 0 aromatic rings. The second-order valence-electron chi connectivity index (χ2n) is 6.66. The van der Waals surface area contributed by atoms with Crippen molar-refractivity contribution in [2.24, 2.45) is 5.92 Å². The van der Waals surface area contributed by atoms with Gasteiger partial charge in [-0.25, -0.2) is 0 Å². The van der Waals surface area contributed by atoms with Crippen LogP contribution in [-0.4, -0.2) is 17.5 Å². The van der Waals surface area contributed by atoms with E-state index >= 15 is 0 Å². The molecule has 2 heteroatoms. The summed E-state index contributed by atoms with van der Waals surface area (Å²) in [5, 5.41) is 9.29. The maximum Gasteiger partial charge on any atom is 0.123 e. The van der Waals surface area contributed by atoms with Gasteiger partial charge in [-0.1, -0.05) is 84.0 Å². The highest BCUT2D eigenvalue weighted by Gasteiger charge is 2.09. The number of carbonyl (C=O) groups is 1. The van der Waals surface area contributed by atoms with Crippen molar-refractivity contribution in [1.29, 1.82) is 0 Å². The minimum Gasteiger partial charge on any atom is -0.393 e. The number of carbonyl (C=O) groups excluding carboxylic acids is 1. The zero-order chi connectivity index (χ0) is 15.8. The number of aldehydes is 1. The smallest absolute Gasteiger partial charge is 0.123 e. The molecule has 0 spiro atoms. The van der Waals surface area contributed by atoms with E-state index in [1.807, 2.05) is 0 Å². The third-order valence-corrected chi connectivity index (χ3v) is 4.26. The van der Waals surface area contributed by atoms with Crippen LogP contribution in [0.3, 0.4) is 0 Å². The van der Waals surface area contributed by atoms with Crippen LogP contribution in [0.2, 0.25) is 0 Å². The molecule has 1 N–H and O–H groups in total. The molecule has 0 aromatic heterocycles. The predicted molar refractivity (Wildman–Crippen MR) is 91.5 cm³/mol. The molecule has 0 radical (unpaired) electrons. The van der Waals surface area contributed by atoms with Crippen molar-refractivity contribution >= 4 is 6.29 Å². The van der Waals surface area contributed by atoms with E-state index in [0.717, 1.165) is 19.1 Å². The Hall–Kier alpha value is -0.370. The van der Waals surface area contributed by atoms with Crippen molar-refractivity contribution in [2.45, 2.75) is 110 Å². The summed E-state index contributed by atoms with van der Waals surface area (Å²) in [5.74, 6) is 0.0631. The van der Waals surface area contributed by atoms with Gasteiger partial charge in [0.05, 0.1) is 6.10 Å². The molecule has 2 nitrogen and oxygen atoms in total. The Morgan fingerprint density at radius 3 is 1.62 bits per heavy atom. The van der Waals surface area contributed by atoms with Crippen LogP contribution in [0, 0.1) is 5.92 Å². The Morgan fingerprint density at radius 2 is 1.24 bits per heavy atom. The molecule has 0 heterocycles. The molecule has 0 fully saturated rings. The van der Waals surface area contributed by atoms with Crippen LogP contribution < -0.4 is 0 Å². The highest BCUT2D eigenvalue weighted by Crippen LogP contribution is 2.16. The van der Waals surface area contributed by atoms with Gasteiger partial charge in [-0.3, -0.25) is 0 Å². The number of hydrogen-bond acceptors (Lipinski definition) is 2. The molecule has 126 valence electrons. The molecular formula is C19H38O2. The van der Waals surface area contributed by atoms with Gasteiger partial charge in [-0.05, 0) is 19.8 Å². The summed E-state index contributed by atoms with van der Waals surface area (Å²) in [7, 11) is 0. The van der Waals surface area contributed by atoms with E-state index in [4.69, 9.17) is 0 Å². The zero-order valence-corrected chi connectivity index (χ0v) is 14.5. The number of unbranched alkanes of at least 4 members (excludes halogenated alkanes) is 11. The van der Waals surface area contributed by atoms with Gasteiger partial charge in [0.25, 0.3) is 0 Å². The van der Waals surface area contributed by atoms with E-state index in [1.165, 1.54) is 70.6 Å². The molecule has 2 unspecified atom stereocenters. The Balaban J connectivity index is 3.19. The molecule has 0 aliphatic rings. The fourth-order valence-corrected chi connectivity index (χ4v) is 2.93. The normalized spacial score (nSPS) is 14.0. The standard InChI is InChI=1S/C19H38O2/c1-3-4-5-6-7-8-9-10-11-12-13-14-15-19(17-20)16-18(2)21/h17-19,21H,3-16H2,1-2H3. The van der Waals surface area contributed by atoms with Crippen LogP contribution in [-0.2, 0) is 4.79 Å². The summed E-state index contributed by atoms with van der Waals surface area (Å²) in [6, 6.07) is 0. The van der Waals surface area contributed by atoms with E-state index < -0.39 is 0 Å². The van der Waals surface area contributed by atoms with Gasteiger partial charge >= 0.3 is 0 Å². The predicted octanol–water partition coefficient (Wildman–Crippen LogP) is 5.66. The quantitative estimate of drug-likeness (QED) is 0.295. The maximum atomic E-state index is 10.9. The third kappa shape index (κ3) is 15.8. The van der Waals surface area contributed by atoms with Crippen molar-refractivity contribution in [3.63, 3.8) is 0 Å². The van der Waals surface area contributed by atoms with Gasteiger partial charge in [0.2, 0.25) is 0 Å². The van der Waals surface area contributed by atoms with Crippen LogP contribution in [0.25, 0.3) is 0 Å². The minimum absolute atomic E-state index is 0.0631. The first-order valence-electron chi connectivity index (χ1n) is 9.34. The zero-order valence-electron chi connectivity index (χ0n) is 14.5. The van der Waals surface area contributed by atoms with Crippen LogP contribution in [0.15, 0.2) is 0 Å². The number of hydrogen-bond donors (Lipinski definition) is 1. The Morgan fingerprint density at radius 1 is 0.810 bits per heavy atom. The number of aliphatic hydroxyl groups excluding tert-OH is 1. The average Bonchev–Trinajstić information content (AvgIpc) is 2.46. The number of aliphatic hydroxyl groups is 1. The van der Waals surface area contributed by atoms with E-state index in [1.54, 1.807) is 6.92 Å². The van der Waals surface area contributed by atoms with Gasteiger partial charge in [-0.2, -0.15) is 0 Å². The first-order valence-corrected chi connectivity index (χ1v) is 9.34. The van der Waals surface area contributed by atoms with Gasteiger partial charge in [0.15, 0.2) is 0 Å². The first-order chi connectivity index (χ1) is 10.2. The monoisotopic (exact) mass is 298 g/mol. The Kier molecular flexibility index (Phi) is 15.7. The summed E-state index contributed by atoms with van der Waals surface area (Å²) in [5.41, 5.74) is 0. The van der Waals surface area contributed by atoms with Crippen molar-refractivity contribution < 1.29 is 9.90 Å². The summed E-state index contributed by atoms with van der Waals surface area (Å²) in [4.78, 5) is 10.9. The molecule has 21 heavy (non-hydrogen) atoms. The van der Waals surface area contributed by atoms with Gasteiger partial charge in [-0.15, -0.1) is 0 Å². The number of rotatable bonds is 16. The molecular weight excluding hydrogens is 260 g/mol. The molecule has 0 amide bonds. The molecule has 0 aromatic carbocycles. The molecule has 0 bridgehead atoms. The van der Waals surface area contributed by atoms with E-state index in [0.29, 0.717) is 6.42 Å². The fourth-order valence-electron chi connectivity index (χ4n) is 2.93. The summed E-state index contributed by atoms with van der Waals surface area (Å²) >= 11 is 0. The summed E-state index contributed by atoms with van der Waals surface area (Å²) in [6.45, 7) is 4.03. The summed E-state index contributed by atoms with van der Waals surface area (Å²) < 4.78 is 0. The Labute approximate surface area is 132 Å². The lowest BCUT2D eigenvalue weighted by Gasteiger charge is -2.11. The van der Waals surface area contributed by atoms with E-state index in [-0.39, 0.29) is 12.0 Å². The largest absolute Gasteiger partial charge is 0.393 e. The summed E-state index contributed by atoms with van der Waals surface area (Å²) in [6.07, 6.45) is 18.4. The van der Waals surface area contributed by atoms with Crippen molar-refractivity contribution in [3.05, 3.63) is 0 Å². The average molecular weight is 299 g/mol. The molecule has 0 aliphatic heterocycles. The highest BCUT2D eigenvalue weighted by molar-refractivity contribution is 5.53.